The lowest BCUT2D eigenvalue weighted by Crippen LogP contribution is -2.52. The van der Waals surface area contributed by atoms with Crippen LogP contribution in [0.25, 0.3) is 0 Å². The topological polar surface area (TPSA) is 114 Å². The summed E-state index contributed by atoms with van der Waals surface area (Å²) in [6, 6.07) is -1.48. The van der Waals surface area contributed by atoms with Crippen LogP contribution in [0.15, 0.2) is 0 Å². The van der Waals surface area contributed by atoms with Gasteiger partial charge in [0, 0.05) is 52.4 Å². The van der Waals surface area contributed by atoms with E-state index in [0.29, 0.717) is 26.2 Å². The zero-order chi connectivity index (χ0) is 14.1. The summed E-state index contributed by atoms with van der Waals surface area (Å²) >= 11 is 0. The van der Waals surface area contributed by atoms with E-state index in [9.17, 15) is 9.59 Å². The molecular formula is C11H22N4O4. The van der Waals surface area contributed by atoms with Gasteiger partial charge in [-0.05, 0) is 0 Å². The van der Waals surface area contributed by atoms with Crippen LogP contribution in [0.4, 0.5) is 0 Å². The van der Waals surface area contributed by atoms with E-state index in [-0.39, 0.29) is 0 Å². The number of hydrogen-bond donors (Lipinski definition) is 5. The Balaban J connectivity index is 2.58. The minimum Gasteiger partial charge on any atom is -0.480 e. The molecule has 0 aromatic rings. The second kappa shape index (κ2) is 8.81. The molecule has 0 radical (unpaired) electrons. The smallest absolute Gasteiger partial charge is 0.332 e. The van der Waals surface area contributed by atoms with Gasteiger partial charge in [-0.25, -0.2) is 9.59 Å². The predicted octanol–water partition coefficient (Wildman–Crippen LogP) is -2.39. The second-order valence-corrected chi connectivity index (χ2v) is 4.36. The predicted molar refractivity (Wildman–Crippen MR) is 69.2 cm³/mol. The van der Waals surface area contributed by atoms with Gasteiger partial charge in [-0.15, -0.1) is 0 Å². The summed E-state index contributed by atoms with van der Waals surface area (Å²) < 4.78 is 0. The van der Waals surface area contributed by atoms with Crippen molar-refractivity contribution in [1.29, 1.82) is 0 Å². The van der Waals surface area contributed by atoms with Gasteiger partial charge in [-0.1, -0.05) is 0 Å². The SMILES string of the molecule is O=C(O)C(C(=O)O)N1CCNCCNCCNCC1. The number of nitrogens with zero attached hydrogens (tertiary/aromatic N) is 1. The average molecular weight is 274 g/mol. The van der Waals surface area contributed by atoms with Gasteiger partial charge in [0.25, 0.3) is 0 Å². The molecule has 0 spiro atoms. The monoisotopic (exact) mass is 274 g/mol. The number of rotatable bonds is 3. The molecule has 1 aliphatic rings. The van der Waals surface area contributed by atoms with E-state index in [1.807, 2.05) is 0 Å². The summed E-state index contributed by atoms with van der Waals surface area (Å²) in [6.45, 7) is 5.15. The lowest BCUT2D eigenvalue weighted by molar-refractivity contribution is -0.156. The third-order valence-corrected chi connectivity index (χ3v) is 2.94. The molecule has 1 fully saturated rings. The van der Waals surface area contributed by atoms with E-state index in [1.54, 1.807) is 0 Å². The van der Waals surface area contributed by atoms with Gasteiger partial charge in [0.05, 0.1) is 0 Å². The van der Waals surface area contributed by atoms with Gasteiger partial charge in [-0.3, -0.25) is 4.90 Å². The van der Waals surface area contributed by atoms with Gasteiger partial charge in [0.1, 0.15) is 0 Å². The van der Waals surface area contributed by atoms with Crippen molar-refractivity contribution in [3.8, 4) is 0 Å². The Kier molecular flexibility index (Phi) is 7.34. The highest BCUT2D eigenvalue weighted by atomic mass is 16.4. The molecule has 8 nitrogen and oxygen atoms in total. The Labute approximate surface area is 112 Å². The molecule has 110 valence electrons. The van der Waals surface area contributed by atoms with Crippen molar-refractivity contribution in [2.45, 2.75) is 6.04 Å². The minimum absolute atomic E-state index is 0.394. The molecule has 0 bridgehead atoms. The van der Waals surface area contributed by atoms with Crippen LogP contribution < -0.4 is 16.0 Å². The second-order valence-electron chi connectivity index (χ2n) is 4.36. The fraction of sp³-hybridized carbons (Fsp3) is 0.818. The van der Waals surface area contributed by atoms with Crippen molar-refractivity contribution >= 4 is 11.9 Å². The van der Waals surface area contributed by atoms with E-state index in [2.05, 4.69) is 16.0 Å². The molecule has 8 heteroatoms. The lowest BCUT2D eigenvalue weighted by Gasteiger charge is -2.26. The van der Waals surface area contributed by atoms with Gasteiger partial charge < -0.3 is 26.2 Å². The number of aliphatic carboxylic acids is 2. The van der Waals surface area contributed by atoms with Crippen molar-refractivity contribution in [3.05, 3.63) is 0 Å². The van der Waals surface area contributed by atoms with Crippen LogP contribution in [0.2, 0.25) is 0 Å². The highest BCUT2D eigenvalue weighted by molar-refractivity contribution is 5.97. The maximum absolute atomic E-state index is 11.0. The Morgan fingerprint density at radius 3 is 1.53 bits per heavy atom. The molecule has 0 atom stereocenters. The van der Waals surface area contributed by atoms with E-state index < -0.39 is 18.0 Å². The fourth-order valence-electron chi connectivity index (χ4n) is 1.96. The maximum Gasteiger partial charge on any atom is 0.332 e. The molecule has 0 saturated carbocycles. The van der Waals surface area contributed by atoms with E-state index in [1.165, 1.54) is 4.90 Å². The average Bonchev–Trinajstić information content (AvgIpc) is 2.31. The number of carbonyl (C=O) groups is 2. The third-order valence-electron chi connectivity index (χ3n) is 2.94. The largest absolute Gasteiger partial charge is 0.480 e. The Hall–Kier alpha value is -1.22. The van der Waals surface area contributed by atoms with Crippen LogP contribution >= 0.6 is 0 Å². The van der Waals surface area contributed by atoms with Crippen LogP contribution in [0.5, 0.6) is 0 Å². The molecule has 0 aromatic heterocycles. The molecule has 1 heterocycles. The molecule has 0 amide bonds. The molecule has 0 unspecified atom stereocenters. The number of nitrogens with one attached hydrogen (secondary N) is 3. The summed E-state index contributed by atoms with van der Waals surface area (Å²) in [7, 11) is 0. The van der Waals surface area contributed by atoms with Crippen LogP contribution in [-0.2, 0) is 9.59 Å². The summed E-state index contributed by atoms with van der Waals surface area (Å²) in [5, 5.41) is 27.6. The van der Waals surface area contributed by atoms with Crippen molar-refractivity contribution in [2.24, 2.45) is 0 Å². The van der Waals surface area contributed by atoms with E-state index in [4.69, 9.17) is 10.2 Å². The minimum atomic E-state index is -1.48. The van der Waals surface area contributed by atoms with E-state index >= 15 is 0 Å². The van der Waals surface area contributed by atoms with Crippen molar-refractivity contribution < 1.29 is 19.8 Å². The highest BCUT2D eigenvalue weighted by Gasteiger charge is 2.32. The van der Waals surface area contributed by atoms with Crippen LogP contribution in [0.1, 0.15) is 0 Å². The van der Waals surface area contributed by atoms with Crippen molar-refractivity contribution in [1.82, 2.24) is 20.9 Å². The Bertz CT molecular complexity index is 274. The van der Waals surface area contributed by atoms with Gasteiger partial charge in [-0.2, -0.15) is 0 Å². The molecular weight excluding hydrogens is 252 g/mol. The molecule has 0 aromatic carbocycles. The number of carboxylic acids is 2. The van der Waals surface area contributed by atoms with Gasteiger partial charge in [0.2, 0.25) is 6.04 Å². The number of carboxylic acid groups (broad SMARTS) is 2. The summed E-state index contributed by atoms with van der Waals surface area (Å²) in [5.41, 5.74) is 0. The fourth-order valence-corrected chi connectivity index (χ4v) is 1.96. The zero-order valence-electron chi connectivity index (χ0n) is 10.9. The molecule has 1 rings (SSSR count). The van der Waals surface area contributed by atoms with Crippen LogP contribution in [-0.4, -0.2) is 85.5 Å². The van der Waals surface area contributed by atoms with Crippen LogP contribution in [0, 0.1) is 0 Å². The zero-order valence-corrected chi connectivity index (χ0v) is 10.9. The maximum atomic E-state index is 11.0. The van der Waals surface area contributed by atoms with E-state index in [0.717, 1.165) is 26.2 Å². The normalized spacial score (nSPS) is 20.5. The third kappa shape index (κ3) is 5.97. The first-order chi connectivity index (χ1) is 9.13. The van der Waals surface area contributed by atoms with Gasteiger partial charge in [0.15, 0.2) is 0 Å². The summed E-state index contributed by atoms with van der Waals surface area (Å²) in [5.74, 6) is -2.64. The van der Waals surface area contributed by atoms with Gasteiger partial charge >= 0.3 is 11.9 Å². The molecule has 1 saturated heterocycles. The first kappa shape index (κ1) is 15.8. The quantitative estimate of drug-likeness (QED) is 0.362. The lowest BCUT2D eigenvalue weighted by atomic mass is 10.2. The summed E-state index contributed by atoms with van der Waals surface area (Å²) in [6.07, 6.45) is 0. The standard InChI is InChI=1S/C11H22N4O4/c16-10(17)9(11(18)19)15-7-5-13-3-1-12-2-4-14-6-8-15/h9,12-14H,1-8H2,(H,16,17)(H,18,19). The molecule has 5 N–H and O–H groups in total. The van der Waals surface area contributed by atoms with Crippen molar-refractivity contribution in [3.63, 3.8) is 0 Å². The molecule has 19 heavy (non-hydrogen) atoms. The Morgan fingerprint density at radius 2 is 1.16 bits per heavy atom. The summed E-state index contributed by atoms with van der Waals surface area (Å²) in [4.78, 5) is 23.6. The molecule has 1 aliphatic heterocycles. The first-order valence-corrected chi connectivity index (χ1v) is 6.44. The first-order valence-electron chi connectivity index (χ1n) is 6.44. The Morgan fingerprint density at radius 1 is 0.789 bits per heavy atom. The number of hydrogen-bond acceptors (Lipinski definition) is 6. The van der Waals surface area contributed by atoms with Crippen molar-refractivity contribution in [2.75, 3.05) is 52.4 Å². The highest BCUT2D eigenvalue weighted by Crippen LogP contribution is 2.00. The molecule has 0 aliphatic carbocycles. The van der Waals surface area contributed by atoms with Crippen LogP contribution in [0.3, 0.4) is 0 Å².